The molecule has 1 heterocycles. The smallest absolute Gasteiger partial charge is 0.229 e. The number of hydrogen-bond donors (Lipinski definition) is 0. The van der Waals surface area contributed by atoms with Crippen molar-refractivity contribution in [2.24, 2.45) is 0 Å². The molecule has 0 saturated carbocycles. The molecule has 2 rings (SSSR count). The maximum absolute atomic E-state index is 11.6. The largest absolute Gasteiger partial charge is 0.282 e. The molecule has 2 amide bonds. The van der Waals surface area contributed by atoms with Gasteiger partial charge in [0, 0.05) is 19.4 Å². The Hall–Kier alpha value is -1.64. The number of aryl methyl sites for hydroxylation is 1. The number of amides is 2. The molecule has 0 radical (unpaired) electrons. The minimum atomic E-state index is -0.0200. The molecular weight excluding hydrogens is 214 g/mol. The first-order valence-corrected chi connectivity index (χ1v) is 6.05. The highest BCUT2D eigenvalue weighted by Crippen LogP contribution is 2.13. The van der Waals surface area contributed by atoms with Crippen molar-refractivity contribution in [2.45, 2.75) is 32.6 Å². The Kier molecular flexibility index (Phi) is 3.57. The monoisotopic (exact) mass is 231 g/mol. The molecule has 1 aromatic carbocycles. The summed E-state index contributed by atoms with van der Waals surface area (Å²) >= 11 is 0. The van der Waals surface area contributed by atoms with Crippen LogP contribution in [0.3, 0.4) is 0 Å². The highest BCUT2D eigenvalue weighted by atomic mass is 16.2. The number of rotatable bonds is 3. The van der Waals surface area contributed by atoms with E-state index in [1.54, 1.807) is 0 Å². The average Bonchev–Trinajstić information content (AvgIpc) is 2.31. The quantitative estimate of drug-likeness (QED) is 0.747. The van der Waals surface area contributed by atoms with E-state index in [0.717, 1.165) is 6.42 Å². The summed E-state index contributed by atoms with van der Waals surface area (Å²) in [5.74, 6) is -0.0401. The van der Waals surface area contributed by atoms with Crippen LogP contribution >= 0.6 is 0 Å². The van der Waals surface area contributed by atoms with E-state index in [9.17, 15) is 9.59 Å². The number of piperidine rings is 1. The first-order valence-electron chi connectivity index (χ1n) is 6.05. The number of imide groups is 1. The van der Waals surface area contributed by atoms with Crippen LogP contribution in [0.4, 0.5) is 0 Å². The predicted molar refractivity (Wildman–Crippen MR) is 65.5 cm³/mol. The zero-order valence-electron chi connectivity index (χ0n) is 10.1. The van der Waals surface area contributed by atoms with Crippen molar-refractivity contribution in [1.29, 1.82) is 0 Å². The second-order valence-corrected chi connectivity index (χ2v) is 4.53. The molecule has 1 fully saturated rings. The third-order valence-corrected chi connectivity index (χ3v) is 3.13. The molecule has 1 aliphatic heterocycles. The van der Waals surface area contributed by atoms with E-state index in [1.807, 2.05) is 19.1 Å². The molecule has 17 heavy (non-hydrogen) atoms. The first kappa shape index (κ1) is 11.8. The Morgan fingerprint density at radius 3 is 2.24 bits per heavy atom. The lowest BCUT2D eigenvalue weighted by atomic mass is 10.1. The van der Waals surface area contributed by atoms with E-state index in [2.05, 4.69) is 12.1 Å². The van der Waals surface area contributed by atoms with Gasteiger partial charge in [0.2, 0.25) is 11.8 Å². The van der Waals surface area contributed by atoms with Gasteiger partial charge in [-0.25, -0.2) is 0 Å². The van der Waals surface area contributed by atoms with Crippen LogP contribution in [0, 0.1) is 6.92 Å². The summed E-state index contributed by atoms with van der Waals surface area (Å²) in [7, 11) is 0. The summed E-state index contributed by atoms with van der Waals surface area (Å²) in [6.07, 6.45) is 2.48. The lowest BCUT2D eigenvalue weighted by Gasteiger charge is -2.24. The SMILES string of the molecule is Cc1ccc(CCN2C(=O)CCCC2=O)cc1. The Morgan fingerprint density at radius 2 is 1.65 bits per heavy atom. The van der Waals surface area contributed by atoms with Gasteiger partial charge in [-0.3, -0.25) is 14.5 Å². The first-order chi connectivity index (χ1) is 8.16. The van der Waals surface area contributed by atoms with Crippen molar-refractivity contribution in [1.82, 2.24) is 4.90 Å². The van der Waals surface area contributed by atoms with E-state index in [1.165, 1.54) is 16.0 Å². The van der Waals surface area contributed by atoms with Crippen molar-refractivity contribution >= 4 is 11.8 Å². The average molecular weight is 231 g/mol. The fraction of sp³-hybridized carbons (Fsp3) is 0.429. The van der Waals surface area contributed by atoms with Gasteiger partial charge in [-0.2, -0.15) is 0 Å². The number of hydrogen-bond acceptors (Lipinski definition) is 2. The molecule has 3 heteroatoms. The zero-order chi connectivity index (χ0) is 12.3. The predicted octanol–water partition coefficient (Wildman–Crippen LogP) is 2.08. The van der Waals surface area contributed by atoms with Crippen molar-refractivity contribution in [2.75, 3.05) is 6.54 Å². The summed E-state index contributed by atoms with van der Waals surface area (Å²) in [6, 6.07) is 8.20. The minimum Gasteiger partial charge on any atom is -0.282 e. The number of likely N-dealkylation sites (tertiary alicyclic amines) is 1. The van der Waals surface area contributed by atoms with Gasteiger partial charge in [0.05, 0.1) is 0 Å². The van der Waals surface area contributed by atoms with E-state index in [-0.39, 0.29) is 11.8 Å². The van der Waals surface area contributed by atoms with Crippen LogP contribution in [0.2, 0.25) is 0 Å². The molecule has 0 N–H and O–H groups in total. The molecule has 1 saturated heterocycles. The standard InChI is InChI=1S/C14H17NO2/c1-11-5-7-12(8-6-11)9-10-15-13(16)3-2-4-14(15)17/h5-8H,2-4,9-10H2,1H3. The van der Waals surface area contributed by atoms with E-state index in [4.69, 9.17) is 0 Å². The van der Waals surface area contributed by atoms with Gasteiger partial charge in [0.25, 0.3) is 0 Å². The van der Waals surface area contributed by atoms with Gasteiger partial charge in [0.15, 0.2) is 0 Å². The van der Waals surface area contributed by atoms with Crippen molar-refractivity contribution in [3.63, 3.8) is 0 Å². The number of benzene rings is 1. The van der Waals surface area contributed by atoms with Gasteiger partial charge in [-0.1, -0.05) is 29.8 Å². The molecular formula is C14H17NO2. The molecule has 3 nitrogen and oxygen atoms in total. The molecule has 0 atom stereocenters. The van der Waals surface area contributed by atoms with Crippen LogP contribution in [-0.4, -0.2) is 23.3 Å². The molecule has 0 bridgehead atoms. The third kappa shape index (κ3) is 2.93. The Balaban J connectivity index is 1.95. The van der Waals surface area contributed by atoms with E-state index >= 15 is 0 Å². The van der Waals surface area contributed by atoms with E-state index < -0.39 is 0 Å². The Bertz CT molecular complexity index is 406. The lowest BCUT2D eigenvalue weighted by Crippen LogP contribution is -2.41. The summed E-state index contributed by atoms with van der Waals surface area (Å²) in [4.78, 5) is 24.6. The van der Waals surface area contributed by atoms with Crippen LogP contribution in [0.5, 0.6) is 0 Å². The second-order valence-electron chi connectivity index (χ2n) is 4.53. The maximum atomic E-state index is 11.6. The molecule has 0 aromatic heterocycles. The molecule has 0 aliphatic carbocycles. The van der Waals surface area contributed by atoms with Crippen molar-refractivity contribution < 1.29 is 9.59 Å². The molecule has 1 aromatic rings. The van der Waals surface area contributed by atoms with Gasteiger partial charge in [-0.05, 0) is 25.3 Å². The van der Waals surface area contributed by atoms with Gasteiger partial charge < -0.3 is 0 Å². The topological polar surface area (TPSA) is 37.4 Å². The highest BCUT2D eigenvalue weighted by molar-refractivity contribution is 5.97. The summed E-state index contributed by atoms with van der Waals surface area (Å²) in [5.41, 5.74) is 2.39. The Morgan fingerprint density at radius 1 is 1.06 bits per heavy atom. The molecule has 0 spiro atoms. The number of carbonyl (C=O) groups is 2. The fourth-order valence-corrected chi connectivity index (χ4v) is 2.04. The van der Waals surface area contributed by atoms with E-state index in [0.29, 0.717) is 25.8 Å². The fourth-order valence-electron chi connectivity index (χ4n) is 2.04. The normalized spacial score (nSPS) is 16.4. The minimum absolute atomic E-state index is 0.0200. The summed E-state index contributed by atoms with van der Waals surface area (Å²) < 4.78 is 0. The zero-order valence-corrected chi connectivity index (χ0v) is 10.1. The molecule has 1 aliphatic rings. The Labute approximate surface area is 101 Å². The number of carbonyl (C=O) groups excluding carboxylic acids is 2. The highest BCUT2D eigenvalue weighted by Gasteiger charge is 2.24. The van der Waals surface area contributed by atoms with Crippen molar-refractivity contribution in [3.8, 4) is 0 Å². The van der Waals surface area contributed by atoms with Gasteiger partial charge >= 0.3 is 0 Å². The summed E-state index contributed by atoms with van der Waals surface area (Å²) in [5, 5.41) is 0. The molecule has 90 valence electrons. The third-order valence-electron chi connectivity index (χ3n) is 3.13. The second kappa shape index (κ2) is 5.13. The van der Waals surface area contributed by atoms with Gasteiger partial charge in [-0.15, -0.1) is 0 Å². The van der Waals surface area contributed by atoms with Gasteiger partial charge in [0.1, 0.15) is 0 Å². The van der Waals surface area contributed by atoms with Crippen LogP contribution < -0.4 is 0 Å². The van der Waals surface area contributed by atoms with Crippen LogP contribution in [-0.2, 0) is 16.0 Å². The van der Waals surface area contributed by atoms with Crippen LogP contribution in [0.25, 0.3) is 0 Å². The summed E-state index contributed by atoms with van der Waals surface area (Å²) in [6.45, 7) is 2.56. The number of nitrogens with zero attached hydrogens (tertiary/aromatic N) is 1. The molecule has 0 unspecified atom stereocenters. The van der Waals surface area contributed by atoms with Crippen LogP contribution in [0.1, 0.15) is 30.4 Å². The lowest BCUT2D eigenvalue weighted by molar-refractivity contribution is -0.147. The maximum Gasteiger partial charge on any atom is 0.229 e. The van der Waals surface area contributed by atoms with Crippen LogP contribution in [0.15, 0.2) is 24.3 Å². The van der Waals surface area contributed by atoms with Crippen molar-refractivity contribution in [3.05, 3.63) is 35.4 Å².